The number of hydrogen-bond acceptors (Lipinski definition) is 4. The van der Waals surface area contributed by atoms with Crippen LogP contribution in [0.2, 0.25) is 10.0 Å². The van der Waals surface area contributed by atoms with Gasteiger partial charge in [-0.15, -0.1) is 0 Å². The van der Waals surface area contributed by atoms with E-state index in [-0.39, 0.29) is 12.2 Å². The van der Waals surface area contributed by atoms with Crippen LogP contribution >= 0.6 is 39.1 Å². The van der Waals surface area contributed by atoms with Crippen molar-refractivity contribution in [3.8, 4) is 17.6 Å². The van der Waals surface area contributed by atoms with Crippen LogP contribution in [0.3, 0.4) is 0 Å². The number of anilines is 1. The third-order valence-corrected chi connectivity index (χ3v) is 6.56. The van der Waals surface area contributed by atoms with Crippen LogP contribution in [-0.4, -0.2) is 12.5 Å². The van der Waals surface area contributed by atoms with E-state index in [1.165, 1.54) is 6.08 Å². The lowest BCUT2D eigenvalue weighted by Gasteiger charge is -2.15. The summed E-state index contributed by atoms with van der Waals surface area (Å²) in [5, 5.41) is 13.4. The molecule has 35 heavy (non-hydrogen) atoms. The van der Waals surface area contributed by atoms with Crippen molar-refractivity contribution in [2.75, 3.05) is 11.9 Å². The van der Waals surface area contributed by atoms with E-state index in [9.17, 15) is 10.1 Å². The highest BCUT2D eigenvalue weighted by atomic mass is 79.9. The Morgan fingerprint density at radius 2 is 1.89 bits per heavy atom. The molecule has 0 radical (unpaired) electrons. The van der Waals surface area contributed by atoms with E-state index in [0.29, 0.717) is 43.9 Å². The summed E-state index contributed by atoms with van der Waals surface area (Å²) in [6.07, 6.45) is 1.51. The summed E-state index contributed by atoms with van der Waals surface area (Å²) >= 11 is 15.6. The third-order valence-electron chi connectivity index (χ3n) is 5.23. The number of hydrogen-bond donors (Lipinski definition) is 1. The van der Waals surface area contributed by atoms with Gasteiger partial charge in [-0.1, -0.05) is 41.4 Å². The fourth-order valence-corrected chi connectivity index (χ4v) is 4.15. The minimum Gasteiger partial charge on any atom is -0.490 e. The average molecular weight is 574 g/mol. The molecule has 0 spiro atoms. The second kappa shape index (κ2) is 12.1. The molecule has 0 saturated heterocycles. The molecule has 0 fully saturated rings. The minimum atomic E-state index is -0.491. The van der Waals surface area contributed by atoms with E-state index in [0.717, 1.165) is 16.7 Å². The van der Waals surface area contributed by atoms with Crippen LogP contribution in [0, 0.1) is 25.2 Å². The van der Waals surface area contributed by atoms with Crippen molar-refractivity contribution in [2.45, 2.75) is 27.4 Å². The second-order valence-corrected chi connectivity index (χ2v) is 9.34. The minimum absolute atomic E-state index is 0.0373. The maximum absolute atomic E-state index is 12.8. The summed E-state index contributed by atoms with van der Waals surface area (Å²) in [6.45, 7) is 6.39. The largest absolute Gasteiger partial charge is 0.490 e. The Hall–Kier alpha value is -2.98. The van der Waals surface area contributed by atoms with Crippen LogP contribution in [0.15, 0.2) is 58.6 Å². The maximum Gasteiger partial charge on any atom is 0.266 e. The van der Waals surface area contributed by atoms with E-state index < -0.39 is 5.91 Å². The number of nitriles is 1. The zero-order valence-corrected chi connectivity index (χ0v) is 22.5. The van der Waals surface area contributed by atoms with Gasteiger partial charge in [0.15, 0.2) is 11.5 Å². The number of aryl methyl sites for hydroxylation is 1. The Kier molecular flexibility index (Phi) is 9.22. The molecular weight excluding hydrogens is 551 g/mol. The average Bonchev–Trinajstić information content (AvgIpc) is 2.82. The quantitative estimate of drug-likeness (QED) is 0.219. The van der Waals surface area contributed by atoms with Crippen molar-refractivity contribution in [3.05, 3.63) is 90.9 Å². The van der Waals surface area contributed by atoms with Gasteiger partial charge in [0, 0.05) is 5.69 Å². The Bertz CT molecular complexity index is 1330. The fourth-order valence-electron chi connectivity index (χ4n) is 3.25. The molecule has 1 N–H and O–H groups in total. The number of benzene rings is 3. The van der Waals surface area contributed by atoms with E-state index in [1.807, 2.05) is 45.0 Å². The standard InChI is InChI=1S/C27H23BrCl2N2O3/c1-4-34-25-13-19(10-20(14-31)27(33)32-24-7-5-6-16(2)17(24)3)11-21(28)26(25)35-15-18-8-9-22(29)23(30)12-18/h5-13H,4,15H2,1-3H3,(H,32,33)/b20-10+. The molecule has 1 amide bonds. The SMILES string of the molecule is CCOc1cc(/C=C(\C#N)C(=O)Nc2cccc(C)c2C)cc(Br)c1OCc1ccc(Cl)c(Cl)c1. The van der Waals surface area contributed by atoms with Crippen molar-refractivity contribution in [1.82, 2.24) is 0 Å². The predicted molar refractivity (Wildman–Crippen MR) is 144 cm³/mol. The highest BCUT2D eigenvalue weighted by molar-refractivity contribution is 9.10. The molecule has 3 aromatic rings. The van der Waals surface area contributed by atoms with Gasteiger partial charge in [0.1, 0.15) is 18.2 Å². The molecule has 0 bridgehead atoms. The first-order chi connectivity index (χ1) is 16.7. The Labute approximate surface area is 223 Å². The zero-order chi connectivity index (χ0) is 25.5. The summed E-state index contributed by atoms with van der Waals surface area (Å²) in [7, 11) is 0. The first kappa shape index (κ1) is 26.6. The van der Waals surface area contributed by atoms with Crippen LogP contribution in [0.25, 0.3) is 6.08 Å². The molecule has 180 valence electrons. The normalized spacial score (nSPS) is 11.1. The van der Waals surface area contributed by atoms with Gasteiger partial charge in [-0.2, -0.15) is 5.26 Å². The molecular formula is C27H23BrCl2N2O3. The fraction of sp³-hybridized carbons (Fsp3) is 0.185. The van der Waals surface area contributed by atoms with E-state index >= 15 is 0 Å². The van der Waals surface area contributed by atoms with Crippen molar-refractivity contribution in [1.29, 1.82) is 5.26 Å². The van der Waals surface area contributed by atoms with Crippen LogP contribution in [-0.2, 0) is 11.4 Å². The lowest BCUT2D eigenvalue weighted by Crippen LogP contribution is -2.14. The lowest BCUT2D eigenvalue weighted by atomic mass is 10.1. The Morgan fingerprint density at radius 3 is 2.57 bits per heavy atom. The van der Waals surface area contributed by atoms with Gasteiger partial charge in [0.25, 0.3) is 5.91 Å². The van der Waals surface area contributed by atoms with Crippen LogP contribution < -0.4 is 14.8 Å². The molecule has 0 saturated carbocycles. The van der Waals surface area contributed by atoms with E-state index in [1.54, 1.807) is 30.3 Å². The van der Waals surface area contributed by atoms with Crippen LogP contribution in [0.1, 0.15) is 29.2 Å². The lowest BCUT2D eigenvalue weighted by molar-refractivity contribution is -0.112. The first-order valence-corrected chi connectivity index (χ1v) is 12.3. The molecule has 0 aromatic heterocycles. The second-order valence-electron chi connectivity index (χ2n) is 7.67. The van der Waals surface area contributed by atoms with Gasteiger partial charge in [-0.3, -0.25) is 4.79 Å². The third kappa shape index (κ3) is 6.79. The number of rotatable bonds is 8. The zero-order valence-electron chi connectivity index (χ0n) is 19.4. The molecule has 0 aliphatic rings. The summed E-state index contributed by atoms with van der Waals surface area (Å²) in [5.74, 6) is 0.476. The molecule has 5 nitrogen and oxygen atoms in total. The van der Waals surface area contributed by atoms with Gasteiger partial charge >= 0.3 is 0 Å². The highest BCUT2D eigenvalue weighted by Crippen LogP contribution is 2.38. The number of carbonyl (C=O) groups is 1. The Morgan fingerprint density at radius 1 is 1.11 bits per heavy atom. The molecule has 0 aliphatic heterocycles. The van der Waals surface area contributed by atoms with Crippen molar-refractivity contribution >= 4 is 56.8 Å². The molecule has 0 aliphatic carbocycles. The molecule has 3 aromatic carbocycles. The van der Waals surface area contributed by atoms with Gasteiger partial charge < -0.3 is 14.8 Å². The molecule has 8 heteroatoms. The maximum atomic E-state index is 12.8. The summed E-state index contributed by atoms with van der Waals surface area (Å²) in [5.41, 5.74) is 4.07. The van der Waals surface area contributed by atoms with E-state index in [4.69, 9.17) is 32.7 Å². The Balaban J connectivity index is 1.86. The molecule has 0 atom stereocenters. The van der Waals surface area contributed by atoms with E-state index in [2.05, 4.69) is 21.2 Å². The van der Waals surface area contributed by atoms with Crippen molar-refractivity contribution in [2.24, 2.45) is 0 Å². The number of carbonyl (C=O) groups excluding carboxylic acids is 1. The predicted octanol–water partition coefficient (Wildman–Crippen LogP) is 7.90. The van der Waals surface area contributed by atoms with Crippen molar-refractivity contribution in [3.63, 3.8) is 0 Å². The number of nitrogens with zero attached hydrogens (tertiary/aromatic N) is 1. The summed E-state index contributed by atoms with van der Waals surface area (Å²) in [6, 6.07) is 16.4. The number of halogens is 3. The number of amides is 1. The summed E-state index contributed by atoms with van der Waals surface area (Å²) < 4.78 is 12.4. The number of ether oxygens (including phenoxy) is 2. The number of nitrogens with one attached hydrogen (secondary N) is 1. The first-order valence-electron chi connectivity index (χ1n) is 10.8. The molecule has 3 rings (SSSR count). The van der Waals surface area contributed by atoms with Crippen molar-refractivity contribution < 1.29 is 14.3 Å². The topological polar surface area (TPSA) is 71.3 Å². The van der Waals surface area contributed by atoms with Gasteiger partial charge in [0.2, 0.25) is 0 Å². The monoisotopic (exact) mass is 572 g/mol. The van der Waals surface area contributed by atoms with Crippen LogP contribution in [0.5, 0.6) is 11.5 Å². The van der Waals surface area contributed by atoms with Gasteiger partial charge in [-0.25, -0.2) is 0 Å². The summed E-state index contributed by atoms with van der Waals surface area (Å²) in [4.78, 5) is 12.8. The molecule has 0 heterocycles. The van der Waals surface area contributed by atoms with Crippen LogP contribution in [0.4, 0.5) is 5.69 Å². The molecule has 0 unspecified atom stereocenters. The van der Waals surface area contributed by atoms with Gasteiger partial charge in [0.05, 0.1) is 21.1 Å². The smallest absolute Gasteiger partial charge is 0.266 e. The highest BCUT2D eigenvalue weighted by Gasteiger charge is 2.16. The van der Waals surface area contributed by atoms with Gasteiger partial charge in [-0.05, 0) is 95.4 Å².